The number of para-hydroxylation sites is 1. The first-order chi connectivity index (χ1) is 7.12. The molecule has 0 radical (unpaired) electrons. The first-order valence-corrected chi connectivity index (χ1v) is 6.09. The molecule has 0 aliphatic rings. The Bertz CT molecular complexity index is 573. The molecule has 0 amide bonds. The maximum Gasteiger partial charge on any atom is 0.179 e. The molecule has 1 aromatic carbocycles. The fourth-order valence-corrected chi connectivity index (χ4v) is 2.01. The van der Waals surface area contributed by atoms with Gasteiger partial charge in [-0.1, -0.05) is 17.3 Å². The average molecular weight is 227 g/mol. The highest BCUT2D eigenvalue weighted by Crippen LogP contribution is 2.19. The van der Waals surface area contributed by atoms with Crippen LogP contribution in [0.25, 0.3) is 11.0 Å². The van der Waals surface area contributed by atoms with Crippen LogP contribution in [0.4, 0.5) is 0 Å². The van der Waals surface area contributed by atoms with Gasteiger partial charge in [-0.2, -0.15) is 0 Å². The van der Waals surface area contributed by atoms with E-state index in [1.165, 1.54) is 0 Å². The Morgan fingerprint density at radius 1 is 1.33 bits per heavy atom. The molecule has 0 aliphatic heterocycles. The maximum atomic E-state index is 11.2. The smallest absolute Gasteiger partial charge is 0.179 e. The lowest BCUT2D eigenvalue weighted by atomic mass is 10.2. The number of fused-ring (bicyclic) bond motifs is 1. The summed E-state index contributed by atoms with van der Waals surface area (Å²) in [7, 11) is -3.50. The van der Waals surface area contributed by atoms with Crippen molar-refractivity contribution in [1.82, 2.24) is 5.16 Å². The molecule has 2 aromatic rings. The third-order valence-corrected chi connectivity index (χ3v) is 3.11. The van der Waals surface area contributed by atoms with Crippen LogP contribution in [0.5, 0.6) is 0 Å². The molecule has 0 aliphatic carbocycles. The predicted octanol–water partition coefficient (Wildman–Crippen LogP) is 0.692. The summed E-state index contributed by atoms with van der Waals surface area (Å²) in [4.78, 5) is 0. The topological polar surface area (TPSA) is 80.4 Å². The summed E-state index contributed by atoms with van der Waals surface area (Å²) in [6.07, 6.45) is 0. The third kappa shape index (κ3) is 2.00. The summed E-state index contributed by atoms with van der Waals surface area (Å²) in [6.45, 7) is 0. The van der Waals surface area contributed by atoms with Gasteiger partial charge in [-0.05, 0) is 12.1 Å². The molecule has 0 saturated heterocycles. The zero-order valence-corrected chi connectivity index (χ0v) is 8.57. The van der Waals surface area contributed by atoms with Crippen molar-refractivity contribution in [2.45, 2.75) is 5.75 Å². The second kappa shape index (κ2) is 3.63. The molecular weight excluding hydrogens is 218 g/mol. The van der Waals surface area contributed by atoms with Gasteiger partial charge in [0.2, 0.25) is 0 Å². The van der Waals surface area contributed by atoms with Crippen LogP contribution >= 0.6 is 0 Å². The second-order valence-corrected chi connectivity index (χ2v) is 5.18. The first-order valence-electron chi connectivity index (χ1n) is 4.27. The molecule has 0 saturated carbocycles. The number of rotatable bonds is 3. The Morgan fingerprint density at radius 2 is 2.07 bits per heavy atom. The number of nitrogens with zero attached hydrogens (tertiary/aromatic N) is 1. The van der Waals surface area contributed by atoms with Crippen molar-refractivity contribution in [1.29, 1.82) is 0 Å². The van der Waals surface area contributed by atoms with Gasteiger partial charge >= 0.3 is 0 Å². The second-order valence-electron chi connectivity index (χ2n) is 3.14. The fourth-order valence-electron chi connectivity index (χ4n) is 1.30. The van der Waals surface area contributed by atoms with Gasteiger partial charge in [0.15, 0.2) is 15.4 Å². The molecule has 0 bridgehead atoms. The van der Waals surface area contributed by atoms with Gasteiger partial charge in [0, 0.05) is 5.39 Å². The molecule has 15 heavy (non-hydrogen) atoms. The van der Waals surface area contributed by atoms with Crippen LogP contribution in [0, 0.1) is 0 Å². The van der Waals surface area contributed by atoms with Crippen LogP contribution in [-0.2, 0) is 15.6 Å². The Labute approximate surface area is 86.2 Å². The minimum absolute atomic E-state index is 0.305. The summed E-state index contributed by atoms with van der Waals surface area (Å²) >= 11 is 0. The molecule has 5 nitrogen and oxygen atoms in total. The molecule has 1 heterocycles. The largest absolute Gasteiger partial charge is 0.380 e. The zero-order chi connectivity index (χ0) is 10.9. The molecule has 1 N–H and O–H groups in total. The first kappa shape index (κ1) is 10.1. The van der Waals surface area contributed by atoms with E-state index in [-0.39, 0.29) is 5.75 Å². The van der Waals surface area contributed by atoms with Crippen LogP contribution in [0.1, 0.15) is 5.69 Å². The SMILES string of the molecule is O=S(=O)(CO)Cc1noc2ccccc12. The standard InChI is InChI=1S/C9H9NO4S/c11-6-15(12,13)5-8-7-3-1-2-4-9(7)14-10-8/h1-4,11H,5-6H2. The van der Waals surface area contributed by atoms with Crippen molar-refractivity contribution >= 4 is 20.8 Å². The number of hydrogen-bond acceptors (Lipinski definition) is 5. The monoisotopic (exact) mass is 227 g/mol. The van der Waals surface area contributed by atoms with E-state index in [9.17, 15) is 8.42 Å². The third-order valence-electron chi connectivity index (χ3n) is 2.01. The Balaban J connectivity index is 2.46. The Kier molecular flexibility index (Phi) is 2.45. The number of aromatic nitrogens is 1. The van der Waals surface area contributed by atoms with Gasteiger partial charge in [0.05, 0.1) is 5.75 Å². The van der Waals surface area contributed by atoms with E-state index in [2.05, 4.69) is 5.16 Å². The number of aliphatic hydroxyl groups is 1. The van der Waals surface area contributed by atoms with Crippen LogP contribution in [0.3, 0.4) is 0 Å². The molecule has 80 valence electrons. The van der Waals surface area contributed by atoms with Gasteiger partial charge in [-0.3, -0.25) is 0 Å². The predicted molar refractivity (Wildman–Crippen MR) is 53.7 cm³/mol. The van der Waals surface area contributed by atoms with Crippen LogP contribution < -0.4 is 0 Å². The van der Waals surface area contributed by atoms with E-state index in [1.807, 2.05) is 0 Å². The molecule has 0 atom stereocenters. The molecule has 2 rings (SSSR count). The lowest BCUT2D eigenvalue weighted by molar-refractivity contribution is 0.358. The van der Waals surface area contributed by atoms with Crippen molar-refractivity contribution in [3.8, 4) is 0 Å². The average Bonchev–Trinajstić information content (AvgIpc) is 2.62. The van der Waals surface area contributed by atoms with Crippen molar-refractivity contribution in [3.63, 3.8) is 0 Å². The van der Waals surface area contributed by atoms with Crippen molar-refractivity contribution < 1.29 is 18.0 Å². The summed E-state index contributed by atoms with van der Waals surface area (Å²) in [5.41, 5.74) is 0.875. The van der Waals surface area contributed by atoms with Crippen molar-refractivity contribution in [2.75, 3.05) is 5.94 Å². The Hall–Kier alpha value is -1.40. The van der Waals surface area contributed by atoms with Gasteiger partial charge < -0.3 is 9.63 Å². The molecule has 0 fully saturated rings. The van der Waals surface area contributed by atoms with Gasteiger partial charge in [-0.25, -0.2) is 8.42 Å². The summed E-state index contributed by atoms with van der Waals surface area (Å²) in [5, 5.41) is 12.9. The fraction of sp³-hybridized carbons (Fsp3) is 0.222. The number of sulfone groups is 1. The van der Waals surface area contributed by atoms with Crippen LogP contribution in [-0.4, -0.2) is 24.6 Å². The molecule has 0 spiro atoms. The molecular formula is C9H9NO4S. The van der Waals surface area contributed by atoms with Gasteiger partial charge in [0.25, 0.3) is 0 Å². The van der Waals surface area contributed by atoms with E-state index >= 15 is 0 Å². The van der Waals surface area contributed by atoms with E-state index < -0.39 is 15.8 Å². The lowest BCUT2D eigenvalue weighted by Crippen LogP contribution is -2.08. The molecule has 1 aromatic heterocycles. The summed E-state index contributed by atoms with van der Waals surface area (Å²) in [6, 6.07) is 6.98. The van der Waals surface area contributed by atoms with E-state index in [1.54, 1.807) is 24.3 Å². The van der Waals surface area contributed by atoms with Crippen LogP contribution in [0.2, 0.25) is 0 Å². The lowest BCUT2D eigenvalue weighted by Gasteiger charge is -1.96. The zero-order valence-electron chi connectivity index (χ0n) is 7.75. The number of aliphatic hydroxyl groups excluding tert-OH is 1. The summed E-state index contributed by atoms with van der Waals surface area (Å²) in [5.74, 6) is -1.19. The van der Waals surface area contributed by atoms with E-state index in [4.69, 9.17) is 9.63 Å². The molecule has 6 heteroatoms. The van der Waals surface area contributed by atoms with Crippen molar-refractivity contribution in [2.24, 2.45) is 0 Å². The van der Waals surface area contributed by atoms with Gasteiger partial charge in [0.1, 0.15) is 11.6 Å². The highest BCUT2D eigenvalue weighted by molar-refractivity contribution is 7.90. The quantitative estimate of drug-likeness (QED) is 0.834. The minimum atomic E-state index is -3.50. The minimum Gasteiger partial charge on any atom is -0.380 e. The normalized spacial score (nSPS) is 12.1. The summed E-state index contributed by atoms with van der Waals surface area (Å²) < 4.78 is 27.3. The number of hydrogen-bond donors (Lipinski definition) is 1. The van der Waals surface area contributed by atoms with E-state index in [0.717, 1.165) is 0 Å². The van der Waals surface area contributed by atoms with Crippen LogP contribution in [0.15, 0.2) is 28.8 Å². The Morgan fingerprint density at radius 3 is 2.80 bits per heavy atom. The maximum absolute atomic E-state index is 11.2. The highest BCUT2D eigenvalue weighted by atomic mass is 32.2. The van der Waals surface area contributed by atoms with E-state index in [0.29, 0.717) is 16.7 Å². The number of benzene rings is 1. The van der Waals surface area contributed by atoms with Crippen molar-refractivity contribution in [3.05, 3.63) is 30.0 Å². The molecule has 0 unspecified atom stereocenters. The van der Waals surface area contributed by atoms with Gasteiger partial charge in [-0.15, -0.1) is 0 Å². The highest BCUT2D eigenvalue weighted by Gasteiger charge is 2.16.